The summed E-state index contributed by atoms with van der Waals surface area (Å²) in [4.78, 5) is 17.4. The predicted octanol–water partition coefficient (Wildman–Crippen LogP) is 3.05. The van der Waals surface area contributed by atoms with E-state index in [1.807, 2.05) is 24.3 Å². The molecule has 3 rings (SSSR count). The Morgan fingerprint density at radius 1 is 1.14 bits per heavy atom. The highest BCUT2D eigenvalue weighted by Crippen LogP contribution is 2.18. The number of hydrogen-bond donors (Lipinski definition) is 1. The molecule has 0 spiro atoms. The lowest BCUT2D eigenvalue weighted by Gasteiger charge is -2.27. The molecule has 5 nitrogen and oxygen atoms in total. The van der Waals surface area contributed by atoms with Crippen LogP contribution in [0.15, 0.2) is 54.6 Å². The minimum atomic E-state index is 0.0839. The van der Waals surface area contributed by atoms with Gasteiger partial charge >= 0.3 is 0 Å². The van der Waals surface area contributed by atoms with Gasteiger partial charge in [-0.15, -0.1) is 0 Å². The van der Waals surface area contributed by atoms with Crippen LogP contribution >= 0.6 is 0 Å². The van der Waals surface area contributed by atoms with E-state index in [0.717, 1.165) is 43.7 Å². The van der Waals surface area contributed by atoms with Gasteiger partial charge in [0.2, 0.25) is 5.91 Å². The first-order valence-electron chi connectivity index (χ1n) is 10.5. The van der Waals surface area contributed by atoms with E-state index in [9.17, 15) is 4.79 Å². The SMILES string of the molecule is CCN(CC(=O)NCc1ccccc1COC)[C@@H]1CCN(Cc2ccccc2)C1. The van der Waals surface area contributed by atoms with Crippen LogP contribution in [0.5, 0.6) is 0 Å². The van der Waals surface area contributed by atoms with Crippen molar-refractivity contribution in [3.8, 4) is 0 Å². The van der Waals surface area contributed by atoms with Crippen LogP contribution in [0.1, 0.15) is 30.0 Å². The lowest BCUT2D eigenvalue weighted by Crippen LogP contribution is -2.44. The summed E-state index contributed by atoms with van der Waals surface area (Å²) in [7, 11) is 1.69. The monoisotopic (exact) mass is 395 g/mol. The summed E-state index contributed by atoms with van der Waals surface area (Å²) in [5.74, 6) is 0.0839. The van der Waals surface area contributed by atoms with E-state index >= 15 is 0 Å². The standard InChI is InChI=1S/C24H33N3O2/c1-3-27(23-13-14-26(17-23)16-20-9-5-4-6-10-20)18-24(28)25-15-21-11-7-8-12-22(21)19-29-2/h4-12,23H,3,13-19H2,1-2H3,(H,25,28)/t23-/m1/s1. The molecule has 2 aromatic rings. The molecule has 1 fully saturated rings. The summed E-state index contributed by atoms with van der Waals surface area (Å²) in [6.45, 7) is 7.67. The van der Waals surface area contributed by atoms with Crippen molar-refractivity contribution in [2.75, 3.05) is 33.3 Å². The minimum absolute atomic E-state index is 0.0839. The van der Waals surface area contributed by atoms with E-state index in [2.05, 4.69) is 52.4 Å². The molecule has 1 amide bonds. The molecule has 5 heteroatoms. The fraction of sp³-hybridized carbons (Fsp3) is 0.458. The zero-order valence-electron chi connectivity index (χ0n) is 17.6. The molecule has 1 saturated heterocycles. The van der Waals surface area contributed by atoms with Crippen LogP contribution in [0.2, 0.25) is 0 Å². The van der Waals surface area contributed by atoms with Crippen LogP contribution < -0.4 is 5.32 Å². The molecule has 0 aromatic heterocycles. The normalized spacial score (nSPS) is 17.0. The van der Waals surface area contributed by atoms with E-state index in [0.29, 0.717) is 25.7 Å². The maximum Gasteiger partial charge on any atom is 0.234 e. The topological polar surface area (TPSA) is 44.8 Å². The van der Waals surface area contributed by atoms with Crippen LogP contribution in [0.3, 0.4) is 0 Å². The number of hydrogen-bond acceptors (Lipinski definition) is 4. The molecule has 0 bridgehead atoms. The first kappa shape index (κ1) is 21.5. The molecule has 0 saturated carbocycles. The maximum atomic E-state index is 12.6. The lowest BCUT2D eigenvalue weighted by molar-refractivity contribution is -0.122. The average Bonchev–Trinajstić information content (AvgIpc) is 3.20. The molecule has 0 unspecified atom stereocenters. The molecule has 2 aromatic carbocycles. The van der Waals surface area contributed by atoms with E-state index < -0.39 is 0 Å². The molecule has 0 aliphatic carbocycles. The van der Waals surface area contributed by atoms with E-state index in [1.165, 1.54) is 5.56 Å². The van der Waals surface area contributed by atoms with Crippen LogP contribution in [0.25, 0.3) is 0 Å². The third-order valence-electron chi connectivity index (χ3n) is 5.66. The highest BCUT2D eigenvalue weighted by molar-refractivity contribution is 5.78. The first-order chi connectivity index (χ1) is 14.2. The Hall–Kier alpha value is -2.21. The average molecular weight is 396 g/mol. The van der Waals surface area contributed by atoms with E-state index in [-0.39, 0.29) is 5.91 Å². The quantitative estimate of drug-likeness (QED) is 0.672. The van der Waals surface area contributed by atoms with Crippen LogP contribution in [-0.2, 0) is 29.2 Å². The number of rotatable bonds is 10. The molecule has 156 valence electrons. The van der Waals surface area contributed by atoms with Gasteiger partial charge in [0.25, 0.3) is 0 Å². The Labute approximate surface area is 174 Å². The molecule has 0 radical (unpaired) electrons. The van der Waals surface area contributed by atoms with Gasteiger partial charge in [0, 0.05) is 39.3 Å². The Balaban J connectivity index is 1.48. The van der Waals surface area contributed by atoms with E-state index in [4.69, 9.17) is 4.74 Å². The molecule has 29 heavy (non-hydrogen) atoms. The third-order valence-corrected chi connectivity index (χ3v) is 5.66. The molecular weight excluding hydrogens is 362 g/mol. The predicted molar refractivity (Wildman–Crippen MR) is 116 cm³/mol. The Kier molecular flexibility index (Phi) is 8.23. The summed E-state index contributed by atoms with van der Waals surface area (Å²) in [6.07, 6.45) is 1.12. The van der Waals surface area contributed by atoms with Crippen LogP contribution in [-0.4, -0.2) is 55.0 Å². The van der Waals surface area contributed by atoms with Crippen molar-refractivity contribution >= 4 is 5.91 Å². The van der Waals surface area contributed by atoms with Crippen molar-refractivity contribution in [1.82, 2.24) is 15.1 Å². The van der Waals surface area contributed by atoms with Crippen molar-refractivity contribution in [1.29, 1.82) is 0 Å². The Bertz CT molecular complexity index is 766. The lowest BCUT2D eigenvalue weighted by atomic mass is 10.1. The van der Waals surface area contributed by atoms with Gasteiger partial charge in [-0.25, -0.2) is 0 Å². The van der Waals surface area contributed by atoms with Crippen molar-refractivity contribution in [2.45, 2.75) is 39.1 Å². The fourth-order valence-electron chi connectivity index (χ4n) is 4.06. The number of methoxy groups -OCH3 is 1. The second kappa shape index (κ2) is 11.1. The van der Waals surface area contributed by atoms with Gasteiger partial charge in [0.05, 0.1) is 13.2 Å². The number of amides is 1. The van der Waals surface area contributed by atoms with Crippen molar-refractivity contribution in [3.63, 3.8) is 0 Å². The highest BCUT2D eigenvalue weighted by atomic mass is 16.5. The molecule has 1 N–H and O–H groups in total. The fourth-order valence-corrected chi connectivity index (χ4v) is 4.06. The van der Waals surface area contributed by atoms with Gasteiger partial charge < -0.3 is 10.1 Å². The second-order valence-corrected chi connectivity index (χ2v) is 7.70. The Morgan fingerprint density at radius 2 is 1.86 bits per heavy atom. The first-order valence-corrected chi connectivity index (χ1v) is 10.5. The number of benzene rings is 2. The number of carbonyl (C=O) groups excluding carboxylic acids is 1. The number of carbonyl (C=O) groups is 1. The third kappa shape index (κ3) is 6.39. The van der Waals surface area contributed by atoms with E-state index in [1.54, 1.807) is 7.11 Å². The van der Waals surface area contributed by atoms with Gasteiger partial charge in [0.15, 0.2) is 0 Å². The van der Waals surface area contributed by atoms with Gasteiger partial charge in [-0.05, 0) is 29.7 Å². The number of nitrogens with zero attached hydrogens (tertiary/aromatic N) is 2. The summed E-state index contributed by atoms with van der Waals surface area (Å²) in [5.41, 5.74) is 3.58. The number of ether oxygens (including phenoxy) is 1. The van der Waals surface area contributed by atoms with Crippen LogP contribution in [0.4, 0.5) is 0 Å². The zero-order valence-corrected chi connectivity index (χ0v) is 17.6. The molecule has 1 atom stereocenters. The maximum absolute atomic E-state index is 12.6. The summed E-state index contributed by atoms with van der Waals surface area (Å²) in [5, 5.41) is 3.09. The Morgan fingerprint density at radius 3 is 2.59 bits per heavy atom. The van der Waals surface area contributed by atoms with Crippen molar-refractivity contribution in [2.24, 2.45) is 0 Å². The number of nitrogens with one attached hydrogen (secondary N) is 1. The van der Waals surface area contributed by atoms with Crippen LogP contribution in [0, 0.1) is 0 Å². The summed E-state index contributed by atoms with van der Waals surface area (Å²) in [6, 6.07) is 19.1. The molecule has 1 heterocycles. The molecular formula is C24H33N3O2. The summed E-state index contributed by atoms with van der Waals surface area (Å²) < 4.78 is 5.25. The second-order valence-electron chi connectivity index (χ2n) is 7.70. The number of likely N-dealkylation sites (N-methyl/N-ethyl adjacent to an activating group) is 1. The largest absolute Gasteiger partial charge is 0.380 e. The summed E-state index contributed by atoms with van der Waals surface area (Å²) >= 11 is 0. The molecule has 1 aliphatic rings. The van der Waals surface area contributed by atoms with Gasteiger partial charge in [-0.2, -0.15) is 0 Å². The number of likely N-dealkylation sites (tertiary alicyclic amines) is 1. The highest BCUT2D eigenvalue weighted by Gasteiger charge is 2.27. The van der Waals surface area contributed by atoms with Crippen molar-refractivity contribution in [3.05, 3.63) is 71.3 Å². The minimum Gasteiger partial charge on any atom is -0.380 e. The molecule has 1 aliphatic heterocycles. The smallest absolute Gasteiger partial charge is 0.234 e. The zero-order chi connectivity index (χ0) is 20.5. The van der Waals surface area contributed by atoms with Gasteiger partial charge in [-0.1, -0.05) is 61.5 Å². The van der Waals surface area contributed by atoms with Gasteiger partial charge in [0.1, 0.15) is 0 Å². The van der Waals surface area contributed by atoms with Gasteiger partial charge in [-0.3, -0.25) is 14.6 Å². The van der Waals surface area contributed by atoms with Crippen molar-refractivity contribution < 1.29 is 9.53 Å².